The maximum atomic E-state index is 11.3. The standard InChI is InChI=1S/C9H12N2O5/c1-2-16-4-3-11-5-6(8(13)14)7(12)10-9(11)15/h5H,2-4H2,1H3,(H,13,14)(H,10,12,15). The smallest absolute Gasteiger partial charge is 0.342 e. The van der Waals surface area contributed by atoms with Gasteiger partial charge in [0.15, 0.2) is 0 Å². The molecule has 0 unspecified atom stereocenters. The van der Waals surface area contributed by atoms with Gasteiger partial charge in [0.1, 0.15) is 5.56 Å². The minimum atomic E-state index is -1.37. The quantitative estimate of drug-likeness (QED) is 0.647. The number of aromatic carboxylic acids is 1. The van der Waals surface area contributed by atoms with Crippen molar-refractivity contribution >= 4 is 5.97 Å². The van der Waals surface area contributed by atoms with Crippen LogP contribution in [0.3, 0.4) is 0 Å². The number of carboxylic acid groups (broad SMARTS) is 1. The molecule has 0 atom stereocenters. The second-order valence-corrected chi connectivity index (χ2v) is 3.00. The molecule has 1 aromatic heterocycles. The zero-order chi connectivity index (χ0) is 12.1. The summed E-state index contributed by atoms with van der Waals surface area (Å²) in [6.45, 7) is 2.79. The third-order valence-electron chi connectivity index (χ3n) is 1.92. The molecular formula is C9H12N2O5. The molecule has 0 spiro atoms. The van der Waals surface area contributed by atoms with Crippen molar-refractivity contribution in [3.8, 4) is 0 Å². The average molecular weight is 228 g/mol. The molecule has 1 heterocycles. The highest BCUT2D eigenvalue weighted by molar-refractivity contribution is 5.86. The average Bonchev–Trinajstić information content (AvgIpc) is 2.21. The van der Waals surface area contributed by atoms with Crippen molar-refractivity contribution in [1.29, 1.82) is 0 Å². The van der Waals surface area contributed by atoms with E-state index in [-0.39, 0.29) is 13.2 Å². The van der Waals surface area contributed by atoms with Crippen LogP contribution in [0, 0.1) is 0 Å². The van der Waals surface area contributed by atoms with E-state index in [1.807, 2.05) is 4.98 Å². The molecule has 0 saturated carbocycles. The first-order valence-corrected chi connectivity index (χ1v) is 4.71. The van der Waals surface area contributed by atoms with Crippen LogP contribution in [0.25, 0.3) is 0 Å². The Morgan fingerprint density at radius 1 is 1.56 bits per heavy atom. The van der Waals surface area contributed by atoms with Gasteiger partial charge in [0, 0.05) is 12.8 Å². The summed E-state index contributed by atoms with van der Waals surface area (Å²) in [5.74, 6) is -1.37. The van der Waals surface area contributed by atoms with Crippen LogP contribution in [0.15, 0.2) is 15.8 Å². The summed E-state index contributed by atoms with van der Waals surface area (Å²) < 4.78 is 6.12. The summed E-state index contributed by atoms with van der Waals surface area (Å²) >= 11 is 0. The Morgan fingerprint density at radius 3 is 2.81 bits per heavy atom. The van der Waals surface area contributed by atoms with Crippen LogP contribution < -0.4 is 11.2 Å². The predicted octanol–water partition coefficient (Wildman–Crippen LogP) is -0.729. The van der Waals surface area contributed by atoms with E-state index in [9.17, 15) is 14.4 Å². The second-order valence-electron chi connectivity index (χ2n) is 3.00. The molecule has 0 radical (unpaired) electrons. The highest BCUT2D eigenvalue weighted by atomic mass is 16.5. The molecule has 0 aliphatic carbocycles. The van der Waals surface area contributed by atoms with Crippen molar-refractivity contribution in [2.45, 2.75) is 13.5 Å². The van der Waals surface area contributed by atoms with Crippen molar-refractivity contribution in [3.63, 3.8) is 0 Å². The number of hydrogen-bond donors (Lipinski definition) is 2. The fourth-order valence-electron chi connectivity index (χ4n) is 1.14. The van der Waals surface area contributed by atoms with Gasteiger partial charge in [0.2, 0.25) is 0 Å². The number of H-pyrrole nitrogens is 1. The molecule has 0 aromatic carbocycles. The van der Waals surface area contributed by atoms with Gasteiger partial charge in [-0.05, 0) is 6.92 Å². The van der Waals surface area contributed by atoms with E-state index < -0.39 is 22.8 Å². The van der Waals surface area contributed by atoms with Crippen LogP contribution in [0.1, 0.15) is 17.3 Å². The summed E-state index contributed by atoms with van der Waals surface area (Å²) in [6.07, 6.45) is 1.02. The highest BCUT2D eigenvalue weighted by Crippen LogP contribution is 1.88. The van der Waals surface area contributed by atoms with Gasteiger partial charge < -0.3 is 9.84 Å². The molecular weight excluding hydrogens is 216 g/mol. The van der Waals surface area contributed by atoms with Crippen molar-refractivity contribution in [2.75, 3.05) is 13.2 Å². The Bertz CT molecular complexity index is 487. The van der Waals surface area contributed by atoms with E-state index in [4.69, 9.17) is 9.84 Å². The van der Waals surface area contributed by atoms with E-state index in [0.29, 0.717) is 6.61 Å². The van der Waals surface area contributed by atoms with Crippen molar-refractivity contribution in [3.05, 3.63) is 32.6 Å². The topological polar surface area (TPSA) is 101 Å². The monoisotopic (exact) mass is 228 g/mol. The summed E-state index contributed by atoms with van der Waals surface area (Å²) in [6, 6.07) is 0. The van der Waals surface area contributed by atoms with E-state index >= 15 is 0 Å². The predicted molar refractivity (Wildman–Crippen MR) is 54.8 cm³/mol. The fraction of sp³-hybridized carbons (Fsp3) is 0.444. The molecule has 0 amide bonds. The molecule has 7 heteroatoms. The van der Waals surface area contributed by atoms with Gasteiger partial charge in [0.05, 0.1) is 13.2 Å². The summed E-state index contributed by atoms with van der Waals surface area (Å²) in [7, 11) is 0. The molecule has 1 rings (SSSR count). The van der Waals surface area contributed by atoms with E-state index in [0.717, 1.165) is 10.8 Å². The van der Waals surface area contributed by atoms with Crippen LogP contribution in [-0.4, -0.2) is 33.8 Å². The Kier molecular flexibility index (Phi) is 4.01. The van der Waals surface area contributed by atoms with Gasteiger partial charge >= 0.3 is 11.7 Å². The zero-order valence-electron chi connectivity index (χ0n) is 8.73. The number of aromatic nitrogens is 2. The first-order valence-electron chi connectivity index (χ1n) is 4.71. The third kappa shape index (κ3) is 2.80. The molecule has 16 heavy (non-hydrogen) atoms. The lowest BCUT2D eigenvalue weighted by atomic mass is 10.3. The number of hydrogen-bond acceptors (Lipinski definition) is 4. The van der Waals surface area contributed by atoms with Gasteiger partial charge in [-0.2, -0.15) is 0 Å². The lowest BCUT2D eigenvalue weighted by Crippen LogP contribution is -2.34. The van der Waals surface area contributed by atoms with Crippen LogP contribution in [-0.2, 0) is 11.3 Å². The summed E-state index contributed by atoms with van der Waals surface area (Å²) in [5.41, 5.74) is -2.00. The van der Waals surface area contributed by atoms with Gasteiger partial charge in [-0.1, -0.05) is 0 Å². The van der Waals surface area contributed by atoms with Crippen LogP contribution >= 0.6 is 0 Å². The maximum absolute atomic E-state index is 11.3. The van der Waals surface area contributed by atoms with Crippen molar-refractivity contribution < 1.29 is 14.6 Å². The molecule has 0 saturated heterocycles. The van der Waals surface area contributed by atoms with E-state index in [1.54, 1.807) is 6.92 Å². The number of rotatable bonds is 5. The van der Waals surface area contributed by atoms with Crippen LogP contribution in [0.5, 0.6) is 0 Å². The lowest BCUT2D eigenvalue weighted by Gasteiger charge is -2.05. The van der Waals surface area contributed by atoms with E-state index in [1.165, 1.54) is 0 Å². The normalized spacial score (nSPS) is 10.3. The Hall–Kier alpha value is -1.89. The molecule has 0 fully saturated rings. The van der Waals surface area contributed by atoms with Crippen molar-refractivity contribution in [2.24, 2.45) is 0 Å². The number of aromatic amines is 1. The number of nitrogens with zero attached hydrogens (tertiary/aromatic N) is 1. The molecule has 0 aliphatic rings. The Labute approximate surface area is 90.3 Å². The molecule has 0 aliphatic heterocycles. The fourth-order valence-corrected chi connectivity index (χ4v) is 1.14. The van der Waals surface area contributed by atoms with Gasteiger partial charge in [-0.3, -0.25) is 14.3 Å². The van der Waals surface area contributed by atoms with Gasteiger partial charge in [0.25, 0.3) is 5.56 Å². The first kappa shape index (κ1) is 12.2. The number of nitrogens with one attached hydrogen (secondary N) is 1. The largest absolute Gasteiger partial charge is 0.477 e. The minimum Gasteiger partial charge on any atom is -0.477 e. The molecule has 2 N–H and O–H groups in total. The van der Waals surface area contributed by atoms with Crippen molar-refractivity contribution in [1.82, 2.24) is 9.55 Å². The van der Waals surface area contributed by atoms with Gasteiger partial charge in [-0.25, -0.2) is 9.59 Å². The highest BCUT2D eigenvalue weighted by Gasteiger charge is 2.10. The molecule has 7 nitrogen and oxygen atoms in total. The SMILES string of the molecule is CCOCCn1cc(C(=O)O)c(=O)[nH]c1=O. The second kappa shape index (κ2) is 5.26. The summed E-state index contributed by atoms with van der Waals surface area (Å²) in [4.78, 5) is 34.9. The van der Waals surface area contributed by atoms with Gasteiger partial charge in [-0.15, -0.1) is 0 Å². The Balaban J connectivity index is 3.01. The lowest BCUT2D eigenvalue weighted by molar-refractivity contribution is 0.0693. The molecule has 0 bridgehead atoms. The summed E-state index contributed by atoms with van der Waals surface area (Å²) in [5, 5.41) is 8.69. The van der Waals surface area contributed by atoms with E-state index in [2.05, 4.69) is 0 Å². The minimum absolute atomic E-state index is 0.198. The zero-order valence-corrected chi connectivity index (χ0v) is 8.73. The number of carboxylic acids is 1. The molecule has 1 aromatic rings. The Morgan fingerprint density at radius 2 is 2.25 bits per heavy atom. The van der Waals surface area contributed by atoms with Crippen LogP contribution in [0.4, 0.5) is 0 Å². The number of ether oxygens (including phenoxy) is 1. The van der Waals surface area contributed by atoms with Crippen LogP contribution in [0.2, 0.25) is 0 Å². The number of carbonyl (C=O) groups is 1. The third-order valence-corrected chi connectivity index (χ3v) is 1.92. The molecule has 88 valence electrons. The first-order chi connectivity index (χ1) is 7.56. The maximum Gasteiger partial charge on any atom is 0.342 e.